The van der Waals surface area contributed by atoms with Crippen LogP contribution in [0.3, 0.4) is 0 Å². The number of carbonyl (C=O) groups excluding carboxylic acids is 1. The molecular weight excluding hydrogens is 182 g/mol. The van der Waals surface area contributed by atoms with E-state index in [1.165, 1.54) is 6.26 Å². The second-order valence-corrected chi connectivity index (χ2v) is 3.08. The Labute approximate surface area is 83.0 Å². The van der Waals surface area contributed by atoms with E-state index >= 15 is 0 Å². The molecule has 0 aliphatic rings. The molecule has 0 saturated heterocycles. The molecular formula is C10H15NO3. The zero-order valence-electron chi connectivity index (χ0n) is 8.23. The molecule has 1 aromatic heterocycles. The van der Waals surface area contributed by atoms with Crippen LogP contribution in [0, 0.1) is 0 Å². The summed E-state index contributed by atoms with van der Waals surface area (Å²) in [5.41, 5.74) is 5.68. The second kappa shape index (κ2) is 5.57. The first-order chi connectivity index (χ1) is 6.75. The third-order valence-electron chi connectivity index (χ3n) is 1.96. The molecule has 2 N–H and O–H groups in total. The predicted molar refractivity (Wildman–Crippen MR) is 52.1 cm³/mol. The summed E-state index contributed by atoms with van der Waals surface area (Å²) in [6.07, 6.45) is 2.87. The summed E-state index contributed by atoms with van der Waals surface area (Å²) >= 11 is 0. The predicted octanol–water partition coefficient (Wildman–Crippen LogP) is 1.22. The number of hydrogen-bond donors (Lipinski definition) is 1. The van der Waals surface area contributed by atoms with E-state index < -0.39 is 6.04 Å². The van der Waals surface area contributed by atoms with Crippen molar-refractivity contribution in [1.29, 1.82) is 0 Å². The summed E-state index contributed by atoms with van der Waals surface area (Å²) in [4.78, 5) is 11.5. The van der Waals surface area contributed by atoms with Gasteiger partial charge in [0.1, 0.15) is 0 Å². The van der Waals surface area contributed by atoms with Crippen LogP contribution >= 0.6 is 0 Å². The van der Waals surface area contributed by atoms with Crippen LogP contribution in [0.1, 0.15) is 23.4 Å². The fourth-order valence-electron chi connectivity index (χ4n) is 1.18. The number of Topliss-reactive ketones (excluding diaryl/α,β-unsaturated/α-hetero) is 1. The van der Waals surface area contributed by atoms with Crippen molar-refractivity contribution in [2.45, 2.75) is 18.9 Å². The zero-order chi connectivity index (χ0) is 10.4. The van der Waals surface area contributed by atoms with Crippen molar-refractivity contribution in [1.82, 2.24) is 0 Å². The van der Waals surface area contributed by atoms with Crippen LogP contribution in [-0.4, -0.2) is 25.5 Å². The zero-order valence-corrected chi connectivity index (χ0v) is 8.23. The summed E-state index contributed by atoms with van der Waals surface area (Å²) in [5, 5.41) is 0. The highest BCUT2D eigenvalue weighted by Crippen LogP contribution is 2.06. The minimum absolute atomic E-state index is 0.147. The molecule has 0 bridgehead atoms. The first-order valence-electron chi connectivity index (χ1n) is 4.58. The molecule has 78 valence electrons. The van der Waals surface area contributed by atoms with Gasteiger partial charge in [-0.2, -0.15) is 0 Å². The van der Waals surface area contributed by atoms with Gasteiger partial charge in [-0.1, -0.05) is 0 Å². The third kappa shape index (κ3) is 2.97. The summed E-state index contributed by atoms with van der Waals surface area (Å²) in [5.74, 6) is 0.181. The molecule has 0 radical (unpaired) electrons. The van der Waals surface area contributed by atoms with Gasteiger partial charge in [0.15, 0.2) is 5.76 Å². The van der Waals surface area contributed by atoms with Gasteiger partial charge in [0.05, 0.1) is 12.3 Å². The van der Waals surface area contributed by atoms with Gasteiger partial charge >= 0.3 is 0 Å². The van der Waals surface area contributed by atoms with Gasteiger partial charge in [0, 0.05) is 13.7 Å². The van der Waals surface area contributed by atoms with Crippen LogP contribution in [0.25, 0.3) is 0 Å². The Kier molecular flexibility index (Phi) is 4.35. The second-order valence-electron chi connectivity index (χ2n) is 3.08. The number of rotatable bonds is 6. The van der Waals surface area contributed by atoms with E-state index in [2.05, 4.69) is 0 Å². The molecule has 0 aliphatic carbocycles. The van der Waals surface area contributed by atoms with Gasteiger partial charge in [0.25, 0.3) is 0 Å². The lowest BCUT2D eigenvalue weighted by atomic mass is 10.1. The molecule has 0 aliphatic heterocycles. The van der Waals surface area contributed by atoms with Crippen molar-refractivity contribution in [3.63, 3.8) is 0 Å². The highest BCUT2D eigenvalue weighted by Gasteiger charge is 2.17. The average Bonchev–Trinajstić information content (AvgIpc) is 2.69. The standard InChI is InChI=1S/C10H15NO3/c1-13-6-2-4-8(11)10(12)9-5-3-7-14-9/h3,5,7-8H,2,4,6,11H2,1H3. The maximum Gasteiger partial charge on any atom is 0.214 e. The van der Waals surface area contributed by atoms with Crippen LogP contribution in [-0.2, 0) is 4.74 Å². The van der Waals surface area contributed by atoms with Crippen LogP contribution in [0.4, 0.5) is 0 Å². The number of nitrogens with two attached hydrogens (primary N) is 1. The smallest absolute Gasteiger partial charge is 0.214 e. The van der Waals surface area contributed by atoms with E-state index in [0.29, 0.717) is 18.8 Å². The Balaban J connectivity index is 2.37. The minimum atomic E-state index is -0.490. The van der Waals surface area contributed by atoms with E-state index in [0.717, 1.165) is 6.42 Å². The highest BCUT2D eigenvalue weighted by molar-refractivity contribution is 5.97. The average molecular weight is 197 g/mol. The van der Waals surface area contributed by atoms with Gasteiger partial charge in [-0.05, 0) is 25.0 Å². The van der Waals surface area contributed by atoms with Crippen molar-refractivity contribution in [3.05, 3.63) is 24.2 Å². The normalized spacial score (nSPS) is 12.7. The lowest BCUT2D eigenvalue weighted by molar-refractivity contribution is 0.0923. The van der Waals surface area contributed by atoms with E-state index in [4.69, 9.17) is 14.9 Å². The molecule has 0 spiro atoms. The van der Waals surface area contributed by atoms with Gasteiger partial charge in [-0.3, -0.25) is 4.79 Å². The quantitative estimate of drug-likeness (QED) is 0.550. The van der Waals surface area contributed by atoms with Gasteiger partial charge in [-0.25, -0.2) is 0 Å². The van der Waals surface area contributed by atoms with E-state index in [-0.39, 0.29) is 5.78 Å². The maximum absolute atomic E-state index is 11.5. The Morgan fingerprint density at radius 3 is 3.07 bits per heavy atom. The summed E-state index contributed by atoms with van der Waals surface area (Å²) < 4.78 is 9.83. The molecule has 1 atom stereocenters. The first kappa shape index (κ1) is 10.9. The van der Waals surface area contributed by atoms with Crippen LogP contribution in [0.5, 0.6) is 0 Å². The Bertz CT molecular complexity index is 269. The monoisotopic (exact) mass is 197 g/mol. The topological polar surface area (TPSA) is 65.5 Å². The fourth-order valence-corrected chi connectivity index (χ4v) is 1.18. The Morgan fingerprint density at radius 2 is 2.50 bits per heavy atom. The Hall–Kier alpha value is -1.13. The number of ether oxygens (including phenoxy) is 1. The molecule has 1 rings (SSSR count). The van der Waals surface area contributed by atoms with Crippen molar-refractivity contribution in [2.24, 2.45) is 5.73 Å². The minimum Gasteiger partial charge on any atom is -0.461 e. The number of carbonyl (C=O) groups is 1. The maximum atomic E-state index is 11.5. The third-order valence-corrected chi connectivity index (χ3v) is 1.96. The molecule has 0 amide bonds. The molecule has 1 aromatic rings. The molecule has 4 nitrogen and oxygen atoms in total. The Morgan fingerprint density at radius 1 is 1.71 bits per heavy atom. The van der Waals surface area contributed by atoms with Crippen molar-refractivity contribution in [2.75, 3.05) is 13.7 Å². The molecule has 4 heteroatoms. The lowest BCUT2D eigenvalue weighted by Crippen LogP contribution is -2.30. The van der Waals surface area contributed by atoms with Crippen molar-refractivity contribution in [3.8, 4) is 0 Å². The van der Waals surface area contributed by atoms with Gasteiger partial charge < -0.3 is 14.9 Å². The van der Waals surface area contributed by atoms with Crippen LogP contribution in [0.2, 0.25) is 0 Å². The van der Waals surface area contributed by atoms with Crippen LogP contribution < -0.4 is 5.73 Å². The first-order valence-corrected chi connectivity index (χ1v) is 4.58. The highest BCUT2D eigenvalue weighted by atomic mass is 16.5. The largest absolute Gasteiger partial charge is 0.461 e. The fraction of sp³-hybridized carbons (Fsp3) is 0.500. The van der Waals surface area contributed by atoms with Gasteiger partial charge in [-0.15, -0.1) is 0 Å². The van der Waals surface area contributed by atoms with E-state index in [1.807, 2.05) is 0 Å². The van der Waals surface area contributed by atoms with Crippen molar-refractivity contribution < 1.29 is 13.9 Å². The SMILES string of the molecule is COCCCC(N)C(=O)c1ccco1. The summed E-state index contributed by atoms with van der Waals surface area (Å²) in [6.45, 7) is 0.624. The molecule has 1 unspecified atom stereocenters. The molecule has 0 aromatic carbocycles. The van der Waals surface area contributed by atoms with E-state index in [1.54, 1.807) is 19.2 Å². The van der Waals surface area contributed by atoms with Crippen LogP contribution in [0.15, 0.2) is 22.8 Å². The van der Waals surface area contributed by atoms with E-state index in [9.17, 15) is 4.79 Å². The van der Waals surface area contributed by atoms with Gasteiger partial charge in [0.2, 0.25) is 5.78 Å². The summed E-state index contributed by atoms with van der Waals surface area (Å²) in [6, 6.07) is 2.81. The lowest BCUT2D eigenvalue weighted by Gasteiger charge is -2.07. The molecule has 0 fully saturated rings. The molecule has 1 heterocycles. The summed E-state index contributed by atoms with van der Waals surface area (Å²) in [7, 11) is 1.62. The number of hydrogen-bond acceptors (Lipinski definition) is 4. The number of ketones is 1. The number of methoxy groups -OCH3 is 1. The van der Waals surface area contributed by atoms with Crippen molar-refractivity contribution >= 4 is 5.78 Å². The number of furan rings is 1. The molecule has 0 saturated carbocycles. The molecule has 14 heavy (non-hydrogen) atoms.